The lowest BCUT2D eigenvalue weighted by atomic mass is 10.1. The Morgan fingerprint density at radius 2 is 2.00 bits per heavy atom. The van der Waals surface area contributed by atoms with E-state index in [9.17, 15) is 14.3 Å². The number of amides is 2. The molecule has 14 nitrogen and oxygen atoms in total. The fraction of sp³-hybridized carbons (Fsp3) is 0.417. The van der Waals surface area contributed by atoms with Crippen LogP contribution in [0.1, 0.15) is 18.7 Å². The van der Waals surface area contributed by atoms with Crippen LogP contribution in [0.2, 0.25) is 0 Å². The van der Waals surface area contributed by atoms with Gasteiger partial charge in [-0.1, -0.05) is 36.4 Å². The highest BCUT2D eigenvalue weighted by molar-refractivity contribution is 7.52. The SMILES string of the molecule is CCNC(=O)Nc1ncnc2c1ncn2[C@@H]1O[C@H](COP(=O)(O)CCN)C2O[C@H](/C=C/c3ccccc3)O[C@@H]21. The second-order valence-corrected chi connectivity index (χ2v) is 10.9. The van der Waals surface area contributed by atoms with Crippen molar-refractivity contribution in [3.63, 3.8) is 0 Å². The van der Waals surface area contributed by atoms with Crippen molar-refractivity contribution >= 4 is 36.7 Å². The standard InChI is InChI=1S/C24H30N7O7P/c1-2-26-24(32)30-21-18-22(28-13-27-21)31(14-29-18)23-20-19(16(36-23)12-35-39(33,34)11-10-25)37-17(38-20)9-8-15-6-4-3-5-7-15/h3-9,13-14,16-17,19-20,23H,2,10-12,25H2,1H3,(H,33,34)(H2,26,27,28,30,32)/b9-8+/t16-,17+,19?,20+,23-/m1/s1. The lowest BCUT2D eigenvalue weighted by Crippen LogP contribution is -2.31. The van der Waals surface area contributed by atoms with Gasteiger partial charge < -0.3 is 34.7 Å². The Hall–Kier alpha value is -3.23. The van der Waals surface area contributed by atoms with E-state index in [0.717, 1.165) is 5.56 Å². The van der Waals surface area contributed by atoms with Crippen LogP contribution < -0.4 is 16.4 Å². The Morgan fingerprint density at radius 1 is 1.21 bits per heavy atom. The van der Waals surface area contributed by atoms with E-state index in [2.05, 4.69) is 25.6 Å². The van der Waals surface area contributed by atoms with Gasteiger partial charge in [0.1, 0.15) is 24.6 Å². The first kappa shape index (κ1) is 27.3. The summed E-state index contributed by atoms with van der Waals surface area (Å²) in [4.78, 5) is 35.0. The summed E-state index contributed by atoms with van der Waals surface area (Å²) in [6.07, 6.45) is 2.88. The molecule has 0 aliphatic carbocycles. The van der Waals surface area contributed by atoms with Gasteiger partial charge in [0.2, 0.25) is 0 Å². The molecule has 2 aliphatic rings. The van der Waals surface area contributed by atoms with Crippen molar-refractivity contribution < 1.29 is 33.0 Å². The number of fused-ring (bicyclic) bond motifs is 2. The molecule has 2 aromatic heterocycles. The summed E-state index contributed by atoms with van der Waals surface area (Å²) in [6, 6.07) is 9.27. The maximum absolute atomic E-state index is 12.3. The van der Waals surface area contributed by atoms with Gasteiger partial charge in [-0.2, -0.15) is 0 Å². The van der Waals surface area contributed by atoms with Gasteiger partial charge in [-0.3, -0.25) is 14.4 Å². The van der Waals surface area contributed by atoms with Crippen molar-refractivity contribution in [2.45, 2.75) is 37.8 Å². The quantitative estimate of drug-likeness (QED) is 0.266. The number of carbonyl (C=O) groups excluding carboxylic acids is 1. The van der Waals surface area contributed by atoms with Crippen molar-refractivity contribution in [1.29, 1.82) is 0 Å². The number of urea groups is 1. The molecule has 5 N–H and O–H groups in total. The fourth-order valence-electron chi connectivity index (χ4n) is 4.42. The van der Waals surface area contributed by atoms with E-state index < -0.39 is 44.5 Å². The summed E-state index contributed by atoms with van der Waals surface area (Å²) in [5, 5.41) is 5.30. The van der Waals surface area contributed by atoms with Gasteiger partial charge >= 0.3 is 13.6 Å². The zero-order valence-electron chi connectivity index (χ0n) is 21.1. The maximum atomic E-state index is 12.3. The van der Waals surface area contributed by atoms with Gasteiger partial charge in [0.15, 0.2) is 29.5 Å². The summed E-state index contributed by atoms with van der Waals surface area (Å²) in [6.45, 7) is 2.04. The molecular formula is C24H30N7O7P. The molecule has 2 unspecified atom stereocenters. The van der Waals surface area contributed by atoms with Crippen LogP contribution >= 0.6 is 7.60 Å². The lowest BCUT2D eigenvalue weighted by Gasteiger charge is -2.21. The second kappa shape index (κ2) is 11.9. The number of hydrogen-bond donors (Lipinski definition) is 4. The third-order valence-corrected chi connectivity index (χ3v) is 7.54. The predicted octanol–water partition coefficient (Wildman–Crippen LogP) is 1.85. The van der Waals surface area contributed by atoms with Gasteiger partial charge in [-0.05, 0) is 18.6 Å². The predicted molar refractivity (Wildman–Crippen MR) is 141 cm³/mol. The van der Waals surface area contributed by atoms with Gasteiger partial charge in [0, 0.05) is 13.1 Å². The third-order valence-electron chi connectivity index (χ3n) is 6.17. The minimum absolute atomic E-state index is 0.00727. The van der Waals surface area contributed by atoms with Crippen molar-refractivity contribution in [2.75, 3.05) is 31.2 Å². The Morgan fingerprint density at radius 3 is 2.77 bits per heavy atom. The van der Waals surface area contributed by atoms with Crippen molar-refractivity contribution in [1.82, 2.24) is 24.8 Å². The summed E-state index contributed by atoms with van der Waals surface area (Å²) in [5.41, 5.74) is 7.15. The zero-order chi connectivity index (χ0) is 27.4. The van der Waals surface area contributed by atoms with Crippen LogP contribution in [0.3, 0.4) is 0 Å². The first-order valence-electron chi connectivity index (χ1n) is 12.5. The van der Waals surface area contributed by atoms with Crippen LogP contribution in [-0.4, -0.2) is 80.9 Å². The molecule has 5 rings (SSSR count). The van der Waals surface area contributed by atoms with Gasteiger partial charge in [-0.15, -0.1) is 0 Å². The lowest BCUT2D eigenvalue weighted by molar-refractivity contribution is -0.131. The summed E-state index contributed by atoms with van der Waals surface area (Å²) >= 11 is 0. The normalized spacial score (nSPS) is 26.1. The Kier molecular flexibility index (Phi) is 8.33. The summed E-state index contributed by atoms with van der Waals surface area (Å²) in [5.74, 6) is 0.231. The molecule has 2 aliphatic heterocycles. The number of rotatable bonds is 10. The van der Waals surface area contributed by atoms with E-state index >= 15 is 0 Å². The number of ether oxygens (including phenoxy) is 3. The molecule has 0 spiro atoms. The molecule has 15 heteroatoms. The number of nitrogens with one attached hydrogen (secondary N) is 2. The smallest absolute Gasteiger partial charge is 0.329 e. The molecule has 3 aromatic rings. The summed E-state index contributed by atoms with van der Waals surface area (Å²) < 4.78 is 37.8. The molecular weight excluding hydrogens is 529 g/mol. The van der Waals surface area contributed by atoms with E-state index in [1.54, 1.807) is 17.6 Å². The molecule has 0 bridgehead atoms. The van der Waals surface area contributed by atoms with E-state index in [4.69, 9.17) is 24.5 Å². The molecule has 2 amide bonds. The first-order chi connectivity index (χ1) is 18.9. The van der Waals surface area contributed by atoms with Crippen LogP contribution in [0.5, 0.6) is 0 Å². The van der Waals surface area contributed by atoms with E-state index in [-0.39, 0.29) is 25.1 Å². The zero-order valence-corrected chi connectivity index (χ0v) is 22.0. The number of hydrogen-bond acceptors (Lipinski definition) is 10. The molecule has 2 saturated heterocycles. The topological polar surface area (TPSA) is 185 Å². The van der Waals surface area contributed by atoms with Crippen LogP contribution in [0.15, 0.2) is 49.1 Å². The van der Waals surface area contributed by atoms with Crippen LogP contribution in [-0.2, 0) is 23.3 Å². The number of nitrogens with two attached hydrogens (primary N) is 1. The highest BCUT2D eigenvalue weighted by Crippen LogP contribution is 2.45. The number of aromatic nitrogens is 4. The number of nitrogens with zero attached hydrogens (tertiary/aromatic N) is 4. The molecule has 208 valence electrons. The van der Waals surface area contributed by atoms with Crippen LogP contribution in [0.25, 0.3) is 17.2 Å². The number of anilines is 1. The van der Waals surface area contributed by atoms with Crippen LogP contribution in [0, 0.1) is 0 Å². The minimum atomic E-state index is -3.90. The van der Waals surface area contributed by atoms with Gasteiger partial charge in [0.05, 0.1) is 19.1 Å². The van der Waals surface area contributed by atoms with Crippen LogP contribution in [0.4, 0.5) is 10.6 Å². The highest BCUT2D eigenvalue weighted by atomic mass is 31.2. The molecule has 39 heavy (non-hydrogen) atoms. The summed E-state index contributed by atoms with van der Waals surface area (Å²) in [7, 11) is -3.90. The van der Waals surface area contributed by atoms with Crippen molar-refractivity contribution in [3.8, 4) is 0 Å². The fourth-order valence-corrected chi connectivity index (χ4v) is 5.26. The Bertz CT molecular complexity index is 1370. The minimum Gasteiger partial charge on any atom is -0.347 e. The largest absolute Gasteiger partial charge is 0.347 e. The molecule has 1 aromatic carbocycles. The number of carbonyl (C=O) groups is 1. The van der Waals surface area contributed by atoms with Crippen molar-refractivity contribution in [2.24, 2.45) is 5.73 Å². The molecule has 2 fully saturated rings. The highest BCUT2D eigenvalue weighted by Gasteiger charge is 2.53. The molecule has 0 radical (unpaired) electrons. The third kappa shape index (κ3) is 6.17. The van der Waals surface area contributed by atoms with E-state index in [1.807, 2.05) is 36.4 Å². The van der Waals surface area contributed by atoms with Gasteiger partial charge in [0.25, 0.3) is 0 Å². The number of imidazole rings is 1. The Balaban J connectivity index is 1.40. The molecule has 6 atom stereocenters. The molecule has 4 heterocycles. The van der Waals surface area contributed by atoms with Gasteiger partial charge in [-0.25, -0.2) is 19.7 Å². The monoisotopic (exact) mass is 559 g/mol. The maximum Gasteiger partial charge on any atom is 0.329 e. The van der Waals surface area contributed by atoms with E-state index in [0.29, 0.717) is 17.7 Å². The molecule has 0 saturated carbocycles. The Labute approximate surface area is 224 Å². The average Bonchev–Trinajstić information content (AvgIpc) is 3.61. The first-order valence-corrected chi connectivity index (χ1v) is 14.2. The average molecular weight is 560 g/mol. The van der Waals surface area contributed by atoms with E-state index in [1.165, 1.54) is 12.7 Å². The van der Waals surface area contributed by atoms with Crippen molar-refractivity contribution in [3.05, 3.63) is 54.6 Å². The second-order valence-electron chi connectivity index (χ2n) is 8.88. The number of benzene rings is 1.